The maximum atomic E-state index is 5.97. The molecule has 0 saturated heterocycles. The Morgan fingerprint density at radius 2 is 2.00 bits per heavy atom. The summed E-state index contributed by atoms with van der Waals surface area (Å²) in [6.45, 7) is 5.21. The van der Waals surface area contributed by atoms with Gasteiger partial charge in [-0.2, -0.15) is 0 Å². The van der Waals surface area contributed by atoms with E-state index in [1.54, 1.807) is 0 Å². The summed E-state index contributed by atoms with van der Waals surface area (Å²) in [5.41, 5.74) is 0.934. The van der Waals surface area contributed by atoms with E-state index in [0.29, 0.717) is 12.7 Å². The first-order chi connectivity index (χ1) is 8.19. The van der Waals surface area contributed by atoms with E-state index in [1.165, 1.54) is 30.8 Å². The Kier molecular flexibility index (Phi) is 4.34. The summed E-state index contributed by atoms with van der Waals surface area (Å²) < 4.78 is 9.91. The first kappa shape index (κ1) is 12.8. The van der Waals surface area contributed by atoms with E-state index in [0.717, 1.165) is 22.5 Å². The van der Waals surface area contributed by atoms with Crippen molar-refractivity contribution in [3.63, 3.8) is 0 Å². The van der Waals surface area contributed by atoms with E-state index >= 15 is 0 Å². The predicted octanol–water partition coefficient (Wildman–Crippen LogP) is 2.92. The van der Waals surface area contributed by atoms with Crippen LogP contribution in [0.3, 0.4) is 0 Å². The van der Waals surface area contributed by atoms with Gasteiger partial charge in [0.2, 0.25) is 0 Å². The van der Waals surface area contributed by atoms with Crippen molar-refractivity contribution in [3.05, 3.63) is 5.69 Å². The summed E-state index contributed by atoms with van der Waals surface area (Å²) in [4.78, 5) is 0. The second-order valence-corrected chi connectivity index (χ2v) is 5.90. The summed E-state index contributed by atoms with van der Waals surface area (Å²) in [5, 5.41) is 8.20. The Balaban J connectivity index is 1.85. The Morgan fingerprint density at radius 1 is 1.29 bits per heavy atom. The molecule has 2 unspecified atom stereocenters. The number of hydrogen-bond donors (Lipinski definition) is 1. The van der Waals surface area contributed by atoms with Crippen LogP contribution in [0.2, 0.25) is 0 Å². The van der Waals surface area contributed by atoms with Crippen molar-refractivity contribution in [1.29, 1.82) is 0 Å². The molecule has 1 aliphatic carbocycles. The maximum absolute atomic E-state index is 5.97. The largest absolute Gasteiger partial charge is 0.377 e. The highest BCUT2D eigenvalue weighted by Crippen LogP contribution is 2.31. The van der Waals surface area contributed by atoms with Crippen molar-refractivity contribution in [2.24, 2.45) is 11.8 Å². The van der Waals surface area contributed by atoms with Crippen LogP contribution in [0.4, 0.5) is 5.00 Å². The van der Waals surface area contributed by atoms with E-state index in [1.807, 2.05) is 7.05 Å². The zero-order valence-corrected chi connectivity index (χ0v) is 11.6. The molecule has 2 atom stereocenters. The molecule has 0 radical (unpaired) electrons. The van der Waals surface area contributed by atoms with Crippen LogP contribution in [-0.2, 0) is 11.3 Å². The SMILES string of the molecule is CNc1snnc1COC1CC(C)CC(C)C1. The number of nitrogens with one attached hydrogen (secondary N) is 1. The average Bonchev–Trinajstić information content (AvgIpc) is 2.72. The van der Waals surface area contributed by atoms with Crippen molar-refractivity contribution in [3.8, 4) is 0 Å². The van der Waals surface area contributed by atoms with Gasteiger partial charge in [-0.15, -0.1) is 5.10 Å². The molecule has 1 aliphatic rings. The molecule has 1 aromatic heterocycles. The van der Waals surface area contributed by atoms with E-state index < -0.39 is 0 Å². The standard InChI is InChI=1S/C12H21N3OS/c1-8-4-9(2)6-10(5-8)16-7-11-12(13-3)17-15-14-11/h8-10,13H,4-7H2,1-3H3. The van der Waals surface area contributed by atoms with Crippen LogP contribution in [0.15, 0.2) is 0 Å². The first-order valence-corrected chi connectivity index (χ1v) is 7.07. The van der Waals surface area contributed by atoms with Crippen molar-refractivity contribution >= 4 is 16.5 Å². The third-order valence-electron chi connectivity index (χ3n) is 3.37. The molecule has 0 aliphatic heterocycles. The van der Waals surface area contributed by atoms with Gasteiger partial charge in [-0.05, 0) is 31.1 Å². The fourth-order valence-corrected chi connectivity index (χ4v) is 3.22. The van der Waals surface area contributed by atoms with Gasteiger partial charge in [0.05, 0.1) is 12.7 Å². The Labute approximate surface area is 107 Å². The highest BCUT2D eigenvalue weighted by molar-refractivity contribution is 7.10. The van der Waals surface area contributed by atoms with Gasteiger partial charge in [-0.25, -0.2) is 0 Å². The molecular weight excluding hydrogens is 234 g/mol. The molecule has 1 fully saturated rings. The third-order valence-corrected chi connectivity index (χ3v) is 4.16. The lowest BCUT2D eigenvalue weighted by atomic mass is 9.82. The minimum atomic E-state index is 0.389. The summed E-state index contributed by atoms with van der Waals surface area (Å²) in [5.74, 6) is 1.56. The molecule has 17 heavy (non-hydrogen) atoms. The van der Waals surface area contributed by atoms with Gasteiger partial charge in [0.1, 0.15) is 10.7 Å². The molecule has 0 bridgehead atoms. The number of ether oxygens (including phenoxy) is 1. The third kappa shape index (κ3) is 3.39. The van der Waals surface area contributed by atoms with E-state index in [2.05, 4.69) is 28.8 Å². The number of hydrogen-bond acceptors (Lipinski definition) is 5. The molecule has 2 rings (SSSR count). The Hall–Kier alpha value is -0.680. The quantitative estimate of drug-likeness (QED) is 0.898. The first-order valence-electron chi connectivity index (χ1n) is 6.29. The second kappa shape index (κ2) is 5.78. The van der Waals surface area contributed by atoms with Crippen LogP contribution >= 0.6 is 11.5 Å². The summed E-state index contributed by atoms with van der Waals surface area (Å²) >= 11 is 1.39. The van der Waals surface area contributed by atoms with Crippen molar-refractivity contribution in [2.75, 3.05) is 12.4 Å². The van der Waals surface area contributed by atoms with Gasteiger partial charge in [-0.3, -0.25) is 0 Å². The second-order valence-electron chi connectivity index (χ2n) is 5.15. The fraction of sp³-hybridized carbons (Fsp3) is 0.833. The van der Waals surface area contributed by atoms with Crippen LogP contribution in [0.5, 0.6) is 0 Å². The Morgan fingerprint density at radius 3 is 2.65 bits per heavy atom. The predicted molar refractivity (Wildman–Crippen MR) is 70.2 cm³/mol. The summed E-state index contributed by atoms with van der Waals surface area (Å²) in [6, 6.07) is 0. The molecule has 4 nitrogen and oxygen atoms in total. The van der Waals surface area contributed by atoms with E-state index in [-0.39, 0.29) is 0 Å². The molecule has 1 saturated carbocycles. The lowest BCUT2D eigenvalue weighted by molar-refractivity contribution is -0.0102. The van der Waals surface area contributed by atoms with Crippen LogP contribution < -0.4 is 5.32 Å². The maximum Gasteiger partial charge on any atom is 0.135 e. The summed E-state index contributed by atoms with van der Waals surface area (Å²) in [7, 11) is 1.89. The van der Waals surface area contributed by atoms with Gasteiger partial charge >= 0.3 is 0 Å². The lowest BCUT2D eigenvalue weighted by Gasteiger charge is -2.31. The Bertz CT molecular complexity index is 345. The zero-order valence-electron chi connectivity index (χ0n) is 10.8. The fourth-order valence-electron chi connectivity index (χ4n) is 2.70. The van der Waals surface area contributed by atoms with Crippen LogP contribution in [-0.4, -0.2) is 22.7 Å². The molecular formula is C12H21N3OS. The van der Waals surface area contributed by atoms with Gasteiger partial charge in [-0.1, -0.05) is 18.3 Å². The number of aromatic nitrogens is 2. The van der Waals surface area contributed by atoms with Gasteiger partial charge in [0, 0.05) is 18.6 Å². The molecule has 0 spiro atoms. The average molecular weight is 255 g/mol. The number of anilines is 1. The van der Waals surface area contributed by atoms with Gasteiger partial charge < -0.3 is 10.1 Å². The molecule has 5 heteroatoms. The van der Waals surface area contributed by atoms with Gasteiger partial charge in [0.15, 0.2) is 0 Å². The van der Waals surface area contributed by atoms with Crippen molar-refractivity contribution in [2.45, 2.75) is 45.8 Å². The highest BCUT2D eigenvalue weighted by Gasteiger charge is 2.24. The van der Waals surface area contributed by atoms with E-state index in [4.69, 9.17) is 4.74 Å². The zero-order chi connectivity index (χ0) is 12.3. The normalized spacial score (nSPS) is 29.2. The van der Waals surface area contributed by atoms with Crippen LogP contribution in [0, 0.1) is 11.8 Å². The van der Waals surface area contributed by atoms with Crippen LogP contribution in [0.1, 0.15) is 38.8 Å². The number of nitrogens with zero attached hydrogens (tertiary/aromatic N) is 2. The highest BCUT2D eigenvalue weighted by atomic mass is 32.1. The minimum absolute atomic E-state index is 0.389. The smallest absolute Gasteiger partial charge is 0.135 e. The molecule has 0 aromatic carbocycles. The molecule has 96 valence electrons. The van der Waals surface area contributed by atoms with Crippen molar-refractivity contribution in [1.82, 2.24) is 9.59 Å². The summed E-state index contributed by atoms with van der Waals surface area (Å²) in [6.07, 6.45) is 4.08. The number of rotatable bonds is 4. The molecule has 0 amide bonds. The van der Waals surface area contributed by atoms with E-state index in [9.17, 15) is 0 Å². The molecule has 1 heterocycles. The lowest BCUT2D eigenvalue weighted by Crippen LogP contribution is -2.26. The monoisotopic (exact) mass is 255 g/mol. The molecule has 1 aromatic rings. The van der Waals surface area contributed by atoms with Crippen molar-refractivity contribution < 1.29 is 4.74 Å². The topological polar surface area (TPSA) is 47.0 Å². The van der Waals surface area contributed by atoms with Crippen LogP contribution in [0.25, 0.3) is 0 Å². The molecule has 1 N–H and O–H groups in total. The minimum Gasteiger partial charge on any atom is -0.377 e. The van der Waals surface area contributed by atoms with Gasteiger partial charge in [0.25, 0.3) is 0 Å².